The van der Waals surface area contributed by atoms with Crippen molar-refractivity contribution < 1.29 is 9.53 Å². The highest BCUT2D eigenvalue weighted by Gasteiger charge is 2.33. The number of hydrogen-bond donors (Lipinski definition) is 0. The Bertz CT molecular complexity index is 741. The van der Waals surface area contributed by atoms with Crippen molar-refractivity contribution in [2.24, 2.45) is 0 Å². The number of nitrogens with zero attached hydrogens (tertiary/aromatic N) is 2. The maximum Gasteiger partial charge on any atom is 0.268 e. The highest BCUT2D eigenvalue weighted by atomic mass is 32.1. The topological polar surface area (TPSA) is 42.4 Å². The summed E-state index contributed by atoms with van der Waals surface area (Å²) < 4.78 is 5.94. The van der Waals surface area contributed by atoms with E-state index in [-0.39, 0.29) is 12.0 Å². The molecule has 1 atom stereocenters. The third-order valence-electron chi connectivity index (χ3n) is 4.58. The molecule has 2 aromatic rings. The zero-order valence-corrected chi connectivity index (χ0v) is 16.1. The Morgan fingerprint density at radius 1 is 1.24 bits per heavy atom. The van der Waals surface area contributed by atoms with Gasteiger partial charge in [0, 0.05) is 17.5 Å². The van der Waals surface area contributed by atoms with E-state index >= 15 is 0 Å². The molecule has 1 aromatic heterocycles. The second-order valence-electron chi connectivity index (χ2n) is 6.50. The molecule has 1 aliphatic heterocycles. The number of unbranched alkanes of at least 4 members (excludes halogenated alkanes) is 3. The molecule has 1 amide bonds. The van der Waals surface area contributed by atoms with E-state index in [1.54, 1.807) is 11.3 Å². The van der Waals surface area contributed by atoms with Gasteiger partial charge >= 0.3 is 0 Å². The van der Waals surface area contributed by atoms with Crippen LogP contribution in [0.15, 0.2) is 23.6 Å². The number of amides is 1. The van der Waals surface area contributed by atoms with Gasteiger partial charge in [0.2, 0.25) is 0 Å². The maximum atomic E-state index is 12.8. The van der Waals surface area contributed by atoms with Crippen molar-refractivity contribution >= 4 is 22.9 Å². The quantitative estimate of drug-likeness (QED) is 0.639. The van der Waals surface area contributed by atoms with Gasteiger partial charge in [-0.25, -0.2) is 4.98 Å². The van der Waals surface area contributed by atoms with Gasteiger partial charge in [0.15, 0.2) is 6.10 Å². The average molecular weight is 359 g/mol. The largest absolute Gasteiger partial charge is 0.478 e. The second-order valence-corrected chi connectivity index (χ2v) is 7.56. The van der Waals surface area contributed by atoms with Crippen LogP contribution in [0.2, 0.25) is 0 Å². The lowest BCUT2D eigenvalue weighted by Crippen LogP contribution is -2.46. The molecular formula is C20H26N2O2S. The molecule has 134 valence electrons. The summed E-state index contributed by atoms with van der Waals surface area (Å²) in [4.78, 5) is 19.3. The molecule has 0 aliphatic carbocycles. The molecule has 2 heterocycles. The minimum Gasteiger partial charge on any atom is -0.478 e. The van der Waals surface area contributed by atoms with E-state index < -0.39 is 0 Å². The predicted octanol–water partition coefficient (Wildman–Crippen LogP) is 5.20. The second kappa shape index (κ2) is 8.00. The first-order valence-electron chi connectivity index (χ1n) is 9.18. The Morgan fingerprint density at radius 2 is 2.08 bits per heavy atom. The molecule has 0 fully saturated rings. The molecule has 1 unspecified atom stereocenters. The van der Waals surface area contributed by atoms with Gasteiger partial charge < -0.3 is 9.64 Å². The highest BCUT2D eigenvalue weighted by molar-refractivity contribution is 7.09. The molecule has 0 radical (unpaired) electrons. The molecule has 3 rings (SSSR count). The van der Waals surface area contributed by atoms with Crippen LogP contribution >= 0.6 is 11.3 Å². The van der Waals surface area contributed by atoms with E-state index in [2.05, 4.69) is 17.3 Å². The number of carbonyl (C=O) groups excluding carboxylic acids is 1. The number of aryl methyl sites for hydroxylation is 1. The monoisotopic (exact) mass is 358 g/mol. The van der Waals surface area contributed by atoms with Gasteiger partial charge in [-0.2, -0.15) is 0 Å². The van der Waals surface area contributed by atoms with Crippen molar-refractivity contribution in [3.05, 3.63) is 28.6 Å². The average Bonchev–Trinajstić information content (AvgIpc) is 3.06. The van der Waals surface area contributed by atoms with Crippen molar-refractivity contribution in [2.75, 3.05) is 11.4 Å². The molecule has 1 aromatic carbocycles. The third kappa shape index (κ3) is 3.87. The lowest BCUT2D eigenvalue weighted by molar-refractivity contribution is -0.126. The Kier molecular flexibility index (Phi) is 5.74. The van der Waals surface area contributed by atoms with Gasteiger partial charge in [-0.1, -0.05) is 33.1 Å². The summed E-state index contributed by atoms with van der Waals surface area (Å²) in [6.07, 6.45) is 4.90. The SMILES string of the molecule is CCCCCCN1C(=O)C(CC)Oc2ccc(-c3csc(C)n3)cc21. The van der Waals surface area contributed by atoms with Gasteiger partial charge in [-0.15, -0.1) is 11.3 Å². The van der Waals surface area contributed by atoms with Gasteiger partial charge in [-0.3, -0.25) is 4.79 Å². The smallest absolute Gasteiger partial charge is 0.268 e. The summed E-state index contributed by atoms with van der Waals surface area (Å²) in [5.41, 5.74) is 2.88. The lowest BCUT2D eigenvalue weighted by atomic mass is 10.1. The van der Waals surface area contributed by atoms with E-state index in [1.165, 1.54) is 12.8 Å². The van der Waals surface area contributed by atoms with Crippen molar-refractivity contribution in [3.8, 4) is 17.0 Å². The fraction of sp³-hybridized carbons (Fsp3) is 0.500. The minimum atomic E-state index is -0.369. The first-order chi connectivity index (χ1) is 12.1. The number of fused-ring (bicyclic) bond motifs is 1. The fourth-order valence-corrected chi connectivity index (χ4v) is 3.79. The summed E-state index contributed by atoms with van der Waals surface area (Å²) in [6.45, 7) is 6.95. The van der Waals surface area contributed by atoms with Crippen molar-refractivity contribution in [2.45, 2.75) is 59.0 Å². The van der Waals surface area contributed by atoms with Crippen LogP contribution in [-0.4, -0.2) is 23.5 Å². The van der Waals surface area contributed by atoms with Crippen molar-refractivity contribution in [1.82, 2.24) is 4.98 Å². The summed E-state index contributed by atoms with van der Waals surface area (Å²) >= 11 is 1.64. The van der Waals surface area contributed by atoms with Crippen LogP contribution in [0.4, 0.5) is 5.69 Å². The Hall–Kier alpha value is -1.88. The van der Waals surface area contributed by atoms with Crippen molar-refractivity contribution in [3.63, 3.8) is 0 Å². The Morgan fingerprint density at radius 3 is 2.76 bits per heavy atom. The van der Waals surface area contributed by atoms with Crippen LogP contribution in [0.5, 0.6) is 5.75 Å². The first-order valence-corrected chi connectivity index (χ1v) is 10.1. The van der Waals surface area contributed by atoms with E-state index in [0.29, 0.717) is 6.42 Å². The van der Waals surface area contributed by atoms with Gasteiger partial charge in [0.25, 0.3) is 5.91 Å². The van der Waals surface area contributed by atoms with E-state index in [0.717, 1.165) is 47.1 Å². The predicted molar refractivity (Wildman–Crippen MR) is 103 cm³/mol. The van der Waals surface area contributed by atoms with Crippen LogP contribution in [0.3, 0.4) is 0 Å². The molecule has 5 heteroatoms. The zero-order valence-electron chi connectivity index (χ0n) is 15.2. The van der Waals surface area contributed by atoms with Crippen molar-refractivity contribution in [1.29, 1.82) is 0 Å². The third-order valence-corrected chi connectivity index (χ3v) is 5.35. The molecule has 0 saturated heterocycles. The van der Waals surface area contributed by atoms with E-state index in [4.69, 9.17) is 4.74 Å². The normalized spacial score (nSPS) is 16.7. The highest BCUT2D eigenvalue weighted by Crippen LogP contribution is 2.38. The van der Waals surface area contributed by atoms with Crippen LogP contribution < -0.4 is 9.64 Å². The molecule has 25 heavy (non-hydrogen) atoms. The Balaban J connectivity index is 1.90. The van der Waals surface area contributed by atoms with E-state index in [1.807, 2.05) is 36.9 Å². The molecule has 4 nitrogen and oxygen atoms in total. The van der Waals surface area contributed by atoms with Crippen LogP contribution in [0.1, 0.15) is 51.0 Å². The van der Waals surface area contributed by atoms with E-state index in [9.17, 15) is 4.79 Å². The molecule has 0 N–H and O–H groups in total. The fourth-order valence-electron chi connectivity index (χ4n) is 3.16. The van der Waals surface area contributed by atoms with Crippen LogP contribution in [0.25, 0.3) is 11.3 Å². The minimum absolute atomic E-state index is 0.0816. The van der Waals surface area contributed by atoms with Gasteiger partial charge in [0.1, 0.15) is 5.75 Å². The number of rotatable bonds is 7. The molecule has 0 saturated carbocycles. The zero-order chi connectivity index (χ0) is 17.8. The molecular weight excluding hydrogens is 332 g/mol. The summed E-state index contributed by atoms with van der Waals surface area (Å²) in [5.74, 6) is 0.885. The number of benzene rings is 1. The van der Waals surface area contributed by atoms with Gasteiger partial charge in [-0.05, 0) is 38.0 Å². The summed E-state index contributed by atoms with van der Waals surface area (Å²) in [5, 5.41) is 3.10. The number of thiazole rings is 1. The Labute approximate surface area is 153 Å². The summed E-state index contributed by atoms with van der Waals surface area (Å²) in [6, 6.07) is 6.06. The first kappa shape index (κ1) is 17.9. The van der Waals surface area contributed by atoms with Gasteiger partial charge in [0.05, 0.1) is 16.4 Å². The lowest BCUT2D eigenvalue weighted by Gasteiger charge is -2.34. The summed E-state index contributed by atoms with van der Waals surface area (Å²) in [7, 11) is 0. The molecule has 0 bridgehead atoms. The van der Waals surface area contributed by atoms with Crippen LogP contribution in [-0.2, 0) is 4.79 Å². The number of hydrogen-bond acceptors (Lipinski definition) is 4. The number of anilines is 1. The number of ether oxygens (including phenoxy) is 1. The number of aromatic nitrogens is 1. The number of carbonyl (C=O) groups is 1. The standard InChI is InChI=1S/C20H26N2O2S/c1-4-6-7-8-11-22-17-12-15(16-13-25-14(3)21-16)9-10-19(17)24-18(5-2)20(22)23/h9-10,12-13,18H,4-8,11H2,1-3H3. The maximum absolute atomic E-state index is 12.8. The van der Waals surface area contributed by atoms with Crippen LogP contribution in [0, 0.1) is 6.92 Å². The molecule has 0 spiro atoms. The molecule has 1 aliphatic rings.